The first-order chi connectivity index (χ1) is 13.3. The van der Waals surface area contributed by atoms with Gasteiger partial charge >= 0.3 is 11.9 Å². The van der Waals surface area contributed by atoms with Gasteiger partial charge in [0.15, 0.2) is 0 Å². The number of ether oxygens (including phenoxy) is 1. The molecule has 2 aromatic rings. The monoisotopic (exact) mass is 377 g/mol. The van der Waals surface area contributed by atoms with Crippen LogP contribution < -0.4 is 4.90 Å². The Kier molecular flexibility index (Phi) is 5.22. The highest BCUT2D eigenvalue weighted by Gasteiger charge is 2.45. The number of carbonyl (C=O) groups is 4. The highest BCUT2D eigenvalue weighted by Crippen LogP contribution is 2.35. The Hall–Kier alpha value is -3.54. The molecule has 3 rings (SSSR count). The van der Waals surface area contributed by atoms with Crippen molar-refractivity contribution in [1.82, 2.24) is 0 Å². The number of esters is 1. The first kappa shape index (κ1) is 19.2. The van der Waals surface area contributed by atoms with E-state index < -0.39 is 35.1 Å². The molecule has 0 atom stereocenters. The van der Waals surface area contributed by atoms with Crippen molar-refractivity contribution in [2.75, 3.05) is 4.90 Å². The van der Waals surface area contributed by atoms with Crippen LogP contribution in [0.4, 0.5) is 5.69 Å². The number of anilines is 1. The third-order valence-electron chi connectivity index (χ3n) is 4.18. The van der Waals surface area contributed by atoms with E-state index in [1.165, 1.54) is 4.90 Å². The summed E-state index contributed by atoms with van der Waals surface area (Å²) in [5.41, 5.74) is 1.50. The molecule has 0 aromatic heterocycles. The number of carbonyl (C=O) groups excluding carboxylic acids is 4. The maximum atomic E-state index is 12.8. The minimum Gasteiger partial charge on any atom is -0.457 e. The maximum Gasteiger partial charge on any atom is 0.380 e. The predicted octanol–water partition coefficient (Wildman–Crippen LogP) is 2.84. The Morgan fingerprint density at radius 1 is 0.929 bits per heavy atom. The van der Waals surface area contributed by atoms with E-state index in [-0.39, 0.29) is 5.70 Å². The second-order valence-corrected chi connectivity index (χ2v) is 6.68. The van der Waals surface area contributed by atoms with Crippen LogP contribution in [-0.2, 0) is 23.9 Å². The van der Waals surface area contributed by atoms with Crippen LogP contribution in [0.25, 0.3) is 5.70 Å². The molecule has 1 aliphatic rings. The van der Waals surface area contributed by atoms with E-state index in [4.69, 9.17) is 4.74 Å². The quantitative estimate of drug-likeness (QED) is 0.455. The first-order valence-electron chi connectivity index (χ1n) is 8.81. The van der Waals surface area contributed by atoms with E-state index in [2.05, 4.69) is 0 Å². The molecule has 0 unspecified atom stereocenters. The minimum atomic E-state index is -1.16. The summed E-state index contributed by atoms with van der Waals surface area (Å²) in [6, 6.07) is 15.5. The van der Waals surface area contributed by atoms with Crippen LogP contribution in [0.3, 0.4) is 0 Å². The second kappa shape index (κ2) is 7.60. The van der Waals surface area contributed by atoms with Crippen LogP contribution >= 0.6 is 0 Å². The van der Waals surface area contributed by atoms with Crippen molar-refractivity contribution in [2.45, 2.75) is 26.9 Å². The molecule has 6 nitrogen and oxygen atoms in total. The van der Waals surface area contributed by atoms with Crippen molar-refractivity contribution >= 4 is 34.8 Å². The zero-order valence-electron chi connectivity index (χ0n) is 15.8. The van der Waals surface area contributed by atoms with Crippen molar-refractivity contribution in [2.24, 2.45) is 0 Å². The Labute approximate surface area is 162 Å². The van der Waals surface area contributed by atoms with Gasteiger partial charge in [-0.3, -0.25) is 19.3 Å². The highest BCUT2D eigenvalue weighted by atomic mass is 16.5. The van der Waals surface area contributed by atoms with E-state index in [0.717, 1.165) is 5.56 Å². The van der Waals surface area contributed by atoms with Crippen LogP contribution in [0.15, 0.2) is 60.2 Å². The molecule has 1 heterocycles. The van der Waals surface area contributed by atoms with E-state index in [1.54, 1.807) is 68.4 Å². The topological polar surface area (TPSA) is 80.8 Å². The molecular formula is C22H19NO5. The van der Waals surface area contributed by atoms with Gasteiger partial charge in [-0.05, 0) is 38.5 Å². The Bertz CT molecular complexity index is 987. The molecule has 0 radical (unpaired) electrons. The fourth-order valence-corrected chi connectivity index (χ4v) is 2.92. The van der Waals surface area contributed by atoms with E-state index >= 15 is 0 Å². The van der Waals surface area contributed by atoms with Crippen molar-refractivity contribution in [3.63, 3.8) is 0 Å². The fraction of sp³-hybridized carbons (Fsp3) is 0.182. The number of rotatable bonds is 5. The molecule has 1 amide bonds. The summed E-state index contributed by atoms with van der Waals surface area (Å²) in [5, 5.41) is 0. The largest absolute Gasteiger partial charge is 0.457 e. The lowest BCUT2D eigenvalue weighted by molar-refractivity contribution is -0.155. The number of hydrogen-bond donors (Lipinski definition) is 0. The lowest BCUT2D eigenvalue weighted by atomic mass is 10.0. The summed E-state index contributed by atoms with van der Waals surface area (Å²) in [4.78, 5) is 51.5. The number of hydrogen-bond acceptors (Lipinski definition) is 5. The summed E-state index contributed by atoms with van der Waals surface area (Å²) in [6.45, 7) is 5.08. The lowest BCUT2D eigenvalue weighted by Gasteiger charge is -2.20. The minimum absolute atomic E-state index is 0.0881. The molecule has 0 aliphatic carbocycles. The summed E-state index contributed by atoms with van der Waals surface area (Å²) >= 11 is 0. The van der Waals surface area contributed by atoms with Crippen LogP contribution in [0, 0.1) is 6.92 Å². The third-order valence-corrected chi connectivity index (χ3v) is 4.18. The first-order valence-corrected chi connectivity index (χ1v) is 8.81. The standard InChI is InChI=1S/C22H19NO5/c1-13(2)28-22(27)20(25)17-18(15-7-5-4-6-8-15)23(21(26)19(17)24)16-11-9-14(3)10-12-16/h4-13H,1-3H3. The molecule has 6 heteroatoms. The number of ketones is 2. The van der Waals surface area contributed by atoms with Gasteiger partial charge in [-0.1, -0.05) is 48.0 Å². The van der Waals surface area contributed by atoms with E-state index in [9.17, 15) is 19.2 Å². The summed E-state index contributed by atoms with van der Waals surface area (Å²) in [5.74, 6) is -4.20. The average Bonchev–Trinajstić information content (AvgIpc) is 2.93. The molecular weight excluding hydrogens is 358 g/mol. The smallest absolute Gasteiger partial charge is 0.380 e. The van der Waals surface area contributed by atoms with Crippen LogP contribution in [0.2, 0.25) is 0 Å². The number of Topliss-reactive ketones (excluding diaryl/α,β-unsaturated/α-hetero) is 2. The number of benzene rings is 2. The van der Waals surface area contributed by atoms with Gasteiger partial charge in [-0.2, -0.15) is 0 Å². The third kappa shape index (κ3) is 3.49. The Balaban J connectivity index is 2.20. The highest BCUT2D eigenvalue weighted by molar-refractivity contribution is 6.66. The average molecular weight is 377 g/mol. The number of amides is 1. The van der Waals surface area contributed by atoms with Gasteiger partial charge in [-0.15, -0.1) is 0 Å². The molecule has 2 aromatic carbocycles. The molecule has 142 valence electrons. The van der Waals surface area contributed by atoms with Gasteiger partial charge < -0.3 is 4.74 Å². The second-order valence-electron chi connectivity index (χ2n) is 6.68. The van der Waals surface area contributed by atoms with Crippen molar-refractivity contribution in [3.05, 3.63) is 71.3 Å². The van der Waals surface area contributed by atoms with E-state index in [1.807, 2.05) is 6.92 Å². The summed E-state index contributed by atoms with van der Waals surface area (Å²) in [6.07, 6.45) is -0.530. The van der Waals surface area contributed by atoms with Gasteiger partial charge in [0.05, 0.1) is 11.8 Å². The molecule has 0 saturated carbocycles. The maximum absolute atomic E-state index is 12.8. The number of aryl methyl sites for hydroxylation is 1. The van der Waals surface area contributed by atoms with Crippen LogP contribution in [0.1, 0.15) is 25.0 Å². The van der Waals surface area contributed by atoms with Crippen molar-refractivity contribution in [1.29, 1.82) is 0 Å². The molecule has 0 bridgehead atoms. The van der Waals surface area contributed by atoms with Crippen molar-refractivity contribution < 1.29 is 23.9 Å². The normalized spacial score (nSPS) is 14.1. The molecule has 1 aliphatic heterocycles. The molecule has 28 heavy (non-hydrogen) atoms. The van der Waals surface area contributed by atoms with E-state index in [0.29, 0.717) is 11.3 Å². The Morgan fingerprint density at radius 3 is 2.11 bits per heavy atom. The number of nitrogens with zero attached hydrogens (tertiary/aromatic N) is 1. The zero-order valence-corrected chi connectivity index (χ0v) is 15.8. The van der Waals surface area contributed by atoms with Gasteiger partial charge in [0.1, 0.15) is 5.57 Å². The molecule has 0 spiro atoms. The van der Waals surface area contributed by atoms with Crippen LogP contribution in [-0.4, -0.2) is 29.5 Å². The van der Waals surface area contributed by atoms with Gasteiger partial charge in [0, 0.05) is 5.69 Å². The van der Waals surface area contributed by atoms with Crippen molar-refractivity contribution in [3.8, 4) is 0 Å². The zero-order chi connectivity index (χ0) is 20.4. The SMILES string of the molecule is Cc1ccc(N2C(=O)C(=O)C(C(=O)C(=O)OC(C)C)=C2c2ccccc2)cc1. The summed E-state index contributed by atoms with van der Waals surface area (Å²) < 4.78 is 4.94. The lowest BCUT2D eigenvalue weighted by Crippen LogP contribution is -2.29. The van der Waals surface area contributed by atoms with Crippen LogP contribution in [0.5, 0.6) is 0 Å². The Morgan fingerprint density at radius 2 is 1.54 bits per heavy atom. The van der Waals surface area contributed by atoms with Gasteiger partial charge in [-0.25, -0.2) is 4.79 Å². The predicted molar refractivity (Wildman–Crippen MR) is 103 cm³/mol. The molecule has 0 saturated heterocycles. The molecule has 0 fully saturated rings. The summed E-state index contributed by atoms with van der Waals surface area (Å²) in [7, 11) is 0. The molecule has 0 N–H and O–H groups in total. The van der Waals surface area contributed by atoms with Gasteiger partial charge in [0.25, 0.3) is 11.6 Å². The fourth-order valence-electron chi connectivity index (χ4n) is 2.92. The van der Waals surface area contributed by atoms with Gasteiger partial charge in [0.2, 0.25) is 0 Å².